The number of hydrogen-bond donors (Lipinski definition) is 0. The fourth-order valence-electron chi connectivity index (χ4n) is 1.21. The van der Waals surface area contributed by atoms with Crippen LogP contribution in [0.25, 0.3) is 0 Å². The van der Waals surface area contributed by atoms with Crippen molar-refractivity contribution >= 4 is 26.5 Å². The maximum absolute atomic E-state index is 3.46. The summed E-state index contributed by atoms with van der Waals surface area (Å²) in [6.07, 6.45) is 0. The molecule has 0 N–H and O–H groups in total. The van der Waals surface area contributed by atoms with Gasteiger partial charge >= 0.3 is 118 Å². The Morgan fingerprint density at radius 1 is 0.667 bits per heavy atom. The third kappa shape index (κ3) is 6.38. The third-order valence-electron chi connectivity index (χ3n) is 2.07. The van der Waals surface area contributed by atoms with Crippen molar-refractivity contribution in [3.8, 4) is 21.3 Å². The number of hydrogen-bond acceptors (Lipinski definition) is 0. The predicted molar refractivity (Wildman–Crippen MR) is 86.9 cm³/mol. The normalized spacial score (nSPS) is 11.0. The second-order valence-electron chi connectivity index (χ2n) is 6.55. The topological polar surface area (TPSA) is 0 Å². The van der Waals surface area contributed by atoms with E-state index in [9.17, 15) is 0 Å². The molecule has 0 atom stereocenters. The molecule has 18 heavy (non-hydrogen) atoms. The maximum atomic E-state index is 3.46. The van der Waals surface area contributed by atoms with Gasteiger partial charge in [-0.1, -0.05) is 0 Å². The van der Waals surface area contributed by atoms with Crippen LogP contribution in [-0.2, 0) is 0 Å². The van der Waals surface area contributed by atoms with Crippen molar-refractivity contribution in [2.24, 2.45) is 0 Å². The van der Waals surface area contributed by atoms with Crippen molar-refractivity contribution in [3.63, 3.8) is 0 Å². The van der Waals surface area contributed by atoms with Gasteiger partial charge in [0, 0.05) is 0 Å². The van der Waals surface area contributed by atoms with Gasteiger partial charge in [-0.2, -0.15) is 0 Å². The number of benzene rings is 1. The minimum absolute atomic E-state index is 1.09. The standard InChI is InChI=1S/C16H22Ge2/c1-17(2,3)13-11-15-9-7-8-10-16(15)12-14-18(4,5)6/h7-10H,1-6H3. The van der Waals surface area contributed by atoms with Crippen LogP contribution in [0.5, 0.6) is 0 Å². The molecule has 0 unspecified atom stereocenters. The molecule has 2 heteroatoms. The van der Waals surface area contributed by atoms with Crippen LogP contribution in [0.4, 0.5) is 0 Å². The van der Waals surface area contributed by atoms with E-state index in [4.69, 9.17) is 0 Å². The Labute approximate surface area is 117 Å². The molecule has 0 spiro atoms. The zero-order valence-electron chi connectivity index (χ0n) is 12.3. The average molecular weight is 360 g/mol. The summed E-state index contributed by atoms with van der Waals surface area (Å²) in [7, 11) is 0. The number of rotatable bonds is 0. The Bertz CT molecular complexity index is 484. The molecule has 0 fully saturated rings. The van der Waals surface area contributed by atoms with E-state index in [0.717, 1.165) is 11.1 Å². The summed E-state index contributed by atoms with van der Waals surface area (Å²) in [5.41, 5.74) is 2.19. The van der Waals surface area contributed by atoms with Crippen molar-refractivity contribution in [1.82, 2.24) is 0 Å². The Hall–Kier alpha value is -0.574. The molecule has 0 aliphatic rings. The average Bonchev–Trinajstić information content (AvgIpc) is 2.22. The van der Waals surface area contributed by atoms with Crippen LogP contribution >= 0.6 is 0 Å². The molecule has 0 saturated carbocycles. The molecule has 0 amide bonds. The van der Waals surface area contributed by atoms with E-state index in [1.54, 1.807) is 0 Å². The van der Waals surface area contributed by atoms with Gasteiger partial charge in [0.25, 0.3) is 0 Å². The molecular formula is C16H22Ge2. The molecule has 0 aliphatic heterocycles. The first-order chi connectivity index (χ1) is 8.17. The van der Waals surface area contributed by atoms with Crippen LogP contribution < -0.4 is 0 Å². The van der Waals surface area contributed by atoms with Crippen molar-refractivity contribution in [2.45, 2.75) is 34.5 Å². The molecule has 0 saturated heterocycles. The predicted octanol–water partition coefficient (Wildman–Crippen LogP) is 4.14. The minimum atomic E-state index is -1.79. The van der Waals surface area contributed by atoms with Crippen LogP contribution in [0.3, 0.4) is 0 Å². The van der Waals surface area contributed by atoms with E-state index in [1.807, 2.05) is 12.1 Å². The van der Waals surface area contributed by atoms with Crippen LogP contribution in [-0.4, -0.2) is 26.5 Å². The van der Waals surface area contributed by atoms with Crippen LogP contribution in [0, 0.1) is 21.3 Å². The van der Waals surface area contributed by atoms with Crippen molar-refractivity contribution < 1.29 is 0 Å². The van der Waals surface area contributed by atoms with Crippen molar-refractivity contribution in [1.29, 1.82) is 0 Å². The van der Waals surface area contributed by atoms with Gasteiger partial charge in [0.05, 0.1) is 0 Å². The quantitative estimate of drug-likeness (QED) is 0.482. The Morgan fingerprint density at radius 2 is 1.00 bits per heavy atom. The van der Waals surface area contributed by atoms with Gasteiger partial charge in [0.2, 0.25) is 0 Å². The second kappa shape index (κ2) is 6.05. The summed E-state index contributed by atoms with van der Waals surface area (Å²) >= 11 is -3.59. The molecule has 1 rings (SSSR count). The molecule has 0 radical (unpaired) electrons. The summed E-state index contributed by atoms with van der Waals surface area (Å²) < 4.78 is 6.92. The van der Waals surface area contributed by atoms with Crippen molar-refractivity contribution in [2.75, 3.05) is 0 Å². The van der Waals surface area contributed by atoms with Crippen LogP contribution in [0.1, 0.15) is 11.1 Å². The van der Waals surface area contributed by atoms with E-state index >= 15 is 0 Å². The molecule has 0 aliphatic carbocycles. The molecule has 0 bridgehead atoms. The Balaban J connectivity index is 3.14. The zero-order chi connectivity index (χ0) is 13.8. The summed E-state index contributed by atoms with van der Waals surface area (Å²) in [6.45, 7) is 0. The van der Waals surface area contributed by atoms with Gasteiger partial charge in [-0.05, 0) is 0 Å². The third-order valence-corrected chi connectivity index (χ3v) is 5.74. The fourth-order valence-corrected chi connectivity index (χ4v) is 3.35. The summed E-state index contributed by atoms with van der Waals surface area (Å²) in [5, 5.41) is 0. The second-order valence-corrected chi connectivity index (χ2v) is 26.5. The van der Waals surface area contributed by atoms with Crippen LogP contribution in [0.2, 0.25) is 34.5 Å². The van der Waals surface area contributed by atoms with Gasteiger partial charge in [0.15, 0.2) is 0 Å². The zero-order valence-corrected chi connectivity index (χ0v) is 16.5. The van der Waals surface area contributed by atoms with E-state index < -0.39 is 26.5 Å². The SMILES string of the molecule is [CH3][Ge]([CH3])([CH3])[C]#Cc1ccccc1C#[C][Ge]([CH3])([CH3])[CH3]. The molecule has 1 aromatic carbocycles. The first-order valence-electron chi connectivity index (χ1n) is 6.33. The first kappa shape index (κ1) is 15.5. The van der Waals surface area contributed by atoms with Gasteiger partial charge in [0.1, 0.15) is 0 Å². The van der Waals surface area contributed by atoms with E-state index in [1.165, 1.54) is 0 Å². The van der Waals surface area contributed by atoms with Gasteiger partial charge < -0.3 is 0 Å². The van der Waals surface area contributed by atoms with Crippen LogP contribution in [0.15, 0.2) is 24.3 Å². The summed E-state index contributed by atoms with van der Waals surface area (Å²) in [6, 6.07) is 8.26. The molecule has 94 valence electrons. The summed E-state index contributed by atoms with van der Waals surface area (Å²) in [5.74, 6) is 20.5. The van der Waals surface area contributed by atoms with Gasteiger partial charge in [-0.15, -0.1) is 0 Å². The molecule has 1 aromatic rings. The monoisotopic (exact) mass is 362 g/mol. The fraction of sp³-hybridized carbons (Fsp3) is 0.375. The van der Waals surface area contributed by atoms with E-state index in [2.05, 4.69) is 68.0 Å². The van der Waals surface area contributed by atoms with Gasteiger partial charge in [-0.3, -0.25) is 0 Å². The Morgan fingerprint density at radius 3 is 1.28 bits per heavy atom. The Kier molecular flexibility index (Phi) is 5.20. The summed E-state index contributed by atoms with van der Waals surface area (Å²) in [4.78, 5) is 0. The molecule has 0 heterocycles. The van der Waals surface area contributed by atoms with E-state index in [0.29, 0.717) is 0 Å². The van der Waals surface area contributed by atoms with Crippen molar-refractivity contribution in [3.05, 3.63) is 35.4 Å². The van der Waals surface area contributed by atoms with Gasteiger partial charge in [-0.25, -0.2) is 0 Å². The molecular weight excluding hydrogens is 337 g/mol. The molecule has 0 aromatic heterocycles. The van der Waals surface area contributed by atoms with E-state index in [-0.39, 0.29) is 0 Å². The first-order valence-corrected chi connectivity index (χ1v) is 21.0. The molecule has 0 nitrogen and oxygen atoms in total.